The molecule has 2 aliphatic rings. The summed E-state index contributed by atoms with van der Waals surface area (Å²) in [6.45, 7) is 0.852. The summed E-state index contributed by atoms with van der Waals surface area (Å²) in [6.07, 6.45) is 5.06. The van der Waals surface area contributed by atoms with Crippen molar-refractivity contribution in [1.82, 2.24) is 4.90 Å². The lowest BCUT2D eigenvalue weighted by molar-refractivity contribution is -0.131. The van der Waals surface area contributed by atoms with Crippen LogP contribution in [0.3, 0.4) is 0 Å². The summed E-state index contributed by atoms with van der Waals surface area (Å²) in [5.74, 6) is 2.03. The number of nitrogens with two attached hydrogens (primary N) is 1. The topological polar surface area (TPSA) is 64.8 Å². The number of carbonyl (C=O) groups excluding carboxylic acids is 1. The zero-order chi connectivity index (χ0) is 15.5. The van der Waals surface area contributed by atoms with E-state index in [0.29, 0.717) is 18.9 Å². The molecule has 0 radical (unpaired) electrons. The number of benzene rings is 1. The summed E-state index contributed by atoms with van der Waals surface area (Å²) in [7, 11) is 1.85. The van der Waals surface area contributed by atoms with Crippen LogP contribution in [0.15, 0.2) is 18.2 Å². The maximum atomic E-state index is 12.4. The van der Waals surface area contributed by atoms with Crippen LogP contribution in [0, 0.1) is 5.92 Å². The van der Waals surface area contributed by atoms with Gasteiger partial charge >= 0.3 is 0 Å². The van der Waals surface area contributed by atoms with Gasteiger partial charge < -0.3 is 20.1 Å². The highest BCUT2D eigenvalue weighted by Crippen LogP contribution is 2.33. The Balaban J connectivity index is 0.00000192. The molecular weight excluding hydrogens is 316 g/mol. The van der Waals surface area contributed by atoms with Gasteiger partial charge in [-0.15, -0.1) is 12.4 Å². The van der Waals surface area contributed by atoms with Gasteiger partial charge in [0.05, 0.1) is 0 Å². The van der Waals surface area contributed by atoms with Crippen LogP contribution in [0.5, 0.6) is 11.5 Å². The molecule has 2 unspecified atom stereocenters. The van der Waals surface area contributed by atoms with Crippen molar-refractivity contribution in [1.29, 1.82) is 0 Å². The van der Waals surface area contributed by atoms with Crippen LogP contribution in [0.2, 0.25) is 0 Å². The first-order valence-electron chi connectivity index (χ1n) is 8.01. The van der Waals surface area contributed by atoms with Gasteiger partial charge in [0.2, 0.25) is 12.7 Å². The summed E-state index contributed by atoms with van der Waals surface area (Å²) < 4.78 is 10.7. The van der Waals surface area contributed by atoms with Crippen LogP contribution >= 0.6 is 12.4 Å². The molecule has 23 heavy (non-hydrogen) atoms. The van der Waals surface area contributed by atoms with Gasteiger partial charge in [0.1, 0.15) is 0 Å². The molecule has 0 bridgehead atoms. The SMILES string of the molecule is CN(Cc1ccc2c(c1)OCO2)C(=O)CC1CCCCC1N.Cl. The third kappa shape index (κ3) is 4.30. The van der Waals surface area contributed by atoms with Crippen molar-refractivity contribution in [3.05, 3.63) is 23.8 Å². The Morgan fingerprint density at radius 1 is 1.26 bits per heavy atom. The predicted molar refractivity (Wildman–Crippen MR) is 90.8 cm³/mol. The molecule has 1 heterocycles. The number of amides is 1. The highest BCUT2D eigenvalue weighted by Gasteiger charge is 2.25. The molecule has 0 aromatic heterocycles. The quantitative estimate of drug-likeness (QED) is 0.915. The van der Waals surface area contributed by atoms with E-state index >= 15 is 0 Å². The second kappa shape index (κ2) is 7.88. The van der Waals surface area contributed by atoms with Gasteiger partial charge in [-0.05, 0) is 36.5 Å². The monoisotopic (exact) mass is 340 g/mol. The Kier molecular flexibility index (Phi) is 6.13. The molecule has 1 fully saturated rings. The first-order valence-corrected chi connectivity index (χ1v) is 8.01. The fourth-order valence-corrected chi connectivity index (χ4v) is 3.27. The maximum absolute atomic E-state index is 12.4. The van der Waals surface area contributed by atoms with Crippen LogP contribution in [0.1, 0.15) is 37.7 Å². The van der Waals surface area contributed by atoms with Crippen molar-refractivity contribution in [3.63, 3.8) is 0 Å². The van der Waals surface area contributed by atoms with Crippen molar-refractivity contribution in [3.8, 4) is 11.5 Å². The average Bonchev–Trinajstić information content (AvgIpc) is 2.97. The second-order valence-electron chi connectivity index (χ2n) is 6.35. The van der Waals surface area contributed by atoms with E-state index in [1.54, 1.807) is 4.90 Å². The lowest BCUT2D eigenvalue weighted by Gasteiger charge is -2.29. The number of halogens is 1. The lowest BCUT2D eigenvalue weighted by Crippen LogP contribution is -2.37. The summed E-state index contributed by atoms with van der Waals surface area (Å²) in [5, 5.41) is 0. The summed E-state index contributed by atoms with van der Waals surface area (Å²) in [6, 6.07) is 5.99. The fraction of sp³-hybridized carbons (Fsp3) is 0.588. The molecule has 1 aliphatic heterocycles. The average molecular weight is 341 g/mol. The van der Waals surface area contributed by atoms with E-state index in [0.717, 1.165) is 29.9 Å². The highest BCUT2D eigenvalue weighted by molar-refractivity contribution is 5.85. The molecule has 3 rings (SSSR count). The number of rotatable bonds is 4. The van der Waals surface area contributed by atoms with Crippen LogP contribution in [-0.4, -0.2) is 30.7 Å². The summed E-state index contributed by atoms with van der Waals surface area (Å²) in [5.41, 5.74) is 7.19. The molecular formula is C17H25ClN2O3. The van der Waals surface area contributed by atoms with Crippen molar-refractivity contribution >= 4 is 18.3 Å². The van der Waals surface area contributed by atoms with Gasteiger partial charge in [-0.3, -0.25) is 4.79 Å². The first-order chi connectivity index (χ1) is 10.6. The fourth-order valence-electron chi connectivity index (χ4n) is 3.27. The number of ether oxygens (including phenoxy) is 2. The number of fused-ring (bicyclic) bond motifs is 1. The standard InChI is InChI=1S/C17H24N2O3.ClH/c1-19(17(20)9-13-4-2-3-5-14(13)18)10-12-6-7-15-16(8-12)22-11-21-15;/h6-8,13-14H,2-5,9-11,18H2,1H3;1H. The predicted octanol–water partition coefficient (Wildman–Crippen LogP) is 2.70. The van der Waals surface area contributed by atoms with E-state index in [9.17, 15) is 4.79 Å². The number of hydrogen-bond donors (Lipinski definition) is 1. The molecule has 2 N–H and O–H groups in total. The Morgan fingerprint density at radius 2 is 2.00 bits per heavy atom. The summed E-state index contributed by atoms with van der Waals surface area (Å²) in [4.78, 5) is 14.2. The van der Waals surface area contributed by atoms with Crippen molar-refractivity contribution in [2.24, 2.45) is 11.7 Å². The molecule has 6 heteroatoms. The smallest absolute Gasteiger partial charge is 0.231 e. The molecule has 1 saturated carbocycles. The lowest BCUT2D eigenvalue weighted by atomic mass is 9.83. The molecule has 1 amide bonds. The van der Waals surface area contributed by atoms with Gasteiger partial charge in [0, 0.05) is 26.1 Å². The third-order valence-corrected chi connectivity index (χ3v) is 4.69. The minimum absolute atomic E-state index is 0. The number of hydrogen-bond acceptors (Lipinski definition) is 4. The Morgan fingerprint density at radius 3 is 2.78 bits per heavy atom. The van der Waals surface area contributed by atoms with Gasteiger partial charge in [-0.1, -0.05) is 18.9 Å². The van der Waals surface area contributed by atoms with Crippen molar-refractivity contribution in [2.45, 2.75) is 44.7 Å². The normalized spacial score (nSPS) is 22.3. The Bertz CT molecular complexity index is 553. The van der Waals surface area contributed by atoms with Gasteiger partial charge in [0.15, 0.2) is 11.5 Å². The molecule has 1 aromatic rings. The van der Waals surface area contributed by atoms with Crippen molar-refractivity contribution < 1.29 is 14.3 Å². The van der Waals surface area contributed by atoms with Crippen molar-refractivity contribution in [2.75, 3.05) is 13.8 Å². The molecule has 0 saturated heterocycles. The van der Waals surface area contributed by atoms with Crippen LogP contribution < -0.4 is 15.2 Å². The zero-order valence-electron chi connectivity index (χ0n) is 13.5. The molecule has 0 spiro atoms. The largest absolute Gasteiger partial charge is 0.454 e. The van der Waals surface area contributed by atoms with Crippen LogP contribution in [0.4, 0.5) is 0 Å². The minimum Gasteiger partial charge on any atom is -0.454 e. The van der Waals surface area contributed by atoms with E-state index in [1.807, 2.05) is 25.2 Å². The molecule has 128 valence electrons. The van der Waals surface area contributed by atoms with Gasteiger partial charge in [-0.2, -0.15) is 0 Å². The van der Waals surface area contributed by atoms with Crippen LogP contribution in [-0.2, 0) is 11.3 Å². The third-order valence-electron chi connectivity index (χ3n) is 4.69. The zero-order valence-corrected chi connectivity index (χ0v) is 14.3. The van der Waals surface area contributed by atoms with E-state index < -0.39 is 0 Å². The highest BCUT2D eigenvalue weighted by atomic mass is 35.5. The van der Waals surface area contributed by atoms with E-state index in [2.05, 4.69) is 0 Å². The van der Waals surface area contributed by atoms with E-state index in [-0.39, 0.29) is 31.1 Å². The molecule has 5 nitrogen and oxygen atoms in total. The number of nitrogens with zero attached hydrogens (tertiary/aromatic N) is 1. The van der Waals surface area contributed by atoms with E-state index in [4.69, 9.17) is 15.2 Å². The first kappa shape index (κ1) is 17.9. The Hall–Kier alpha value is -1.46. The Labute approximate surface area is 143 Å². The minimum atomic E-state index is 0. The van der Waals surface area contributed by atoms with Gasteiger partial charge in [0.25, 0.3) is 0 Å². The molecule has 1 aliphatic carbocycles. The second-order valence-corrected chi connectivity index (χ2v) is 6.35. The molecule has 2 atom stereocenters. The van der Waals surface area contributed by atoms with E-state index in [1.165, 1.54) is 12.8 Å². The van der Waals surface area contributed by atoms with Crippen LogP contribution in [0.25, 0.3) is 0 Å². The molecule has 1 aromatic carbocycles. The summed E-state index contributed by atoms with van der Waals surface area (Å²) >= 11 is 0. The van der Waals surface area contributed by atoms with Gasteiger partial charge in [-0.25, -0.2) is 0 Å². The number of carbonyl (C=O) groups is 1. The maximum Gasteiger partial charge on any atom is 0.231 e.